The molecule has 0 atom stereocenters. The number of phenols is 3. The van der Waals surface area contributed by atoms with Gasteiger partial charge >= 0.3 is 0 Å². The number of phenolic OH excluding ortho intramolecular Hbond substituents is 3. The highest BCUT2D eigenvalue weighted by molar-refractivity contribution is 5.89. The first-order valence-corrected chi connectivity index (χ1v) is 6.22. The van der Waals surface area contributed by atoms with Crippen molar-refractivity contribution in [3.8, 4) is 28.6 Å². The van der Waals surface area contributed by atoms with Crippen LogP contribution in [0.5, 0.6) is 17.2 Å². The van der Waals surface area contributed by atoms with Gasteiger partial charge in [0, 0.05) is 11.6 Å². The molecule has 0 saturated heterocycles. The monoisotopic (exact) mass is 284 g/mol. The summed E-state index contributed by atoms with van der Waals surface area (Å²) in [6, 6.07) is 8.53. The van der Waals surface area contributed by atoms with Crippen molar-refractivity contribution in [2.75, 3.05) is 0 Å². The van der Waals surface area contributed by atoms with Gasteiger partial charge in [-0.05, 0) is 13.0 Å². The molecule has 0 aliphatic heterocycles. The molecule has 6 heteroatoms. The van der Waals surface area contributed by atoms with Crippen molar-refractivity contribution >= 4 is 10.9 Å². The normalized spacial score (nSPS) is 10.9. The maximum atomic E-state index is 12.1. The Balaban J connectivity index is 2.34. The average molecular weight is 284 g/mol. The number of hydrogen-bond acceptors (Lipinski definition) is 5. The molecule has 0 aliphatic carbocycles. The number of nitrogens with zero attached hydrogens (tertiary/aromatic N) is 1. The van der Waals surface area contributed by atoms with E-state index in [1.54, 1.807) is 6.07 Å². The molecule has 0 fully saturated rings. The lowest BCUT2D eigenvalue weighted by molar-refractivity contribution is 0.371. The van der Waals surface area contributed by atoms with E-state index in [0.717, 1.165) is 11.6 Å². The fraction of sp³-hybridized carbons (Fsp3) is 0.0667. The van der Waals surface area contributed by atoms with Crippen molar-refractivity contribution < 1.29 is 15.3 Å². The van der Waals surface area contributed by atoms with Crippen molar-refractivity contribution in [1.82, 2.24) is 9.97 Å². The van der Waals surface area contributed by atoms with E-state index in [2.05, 4.69) is 9.97 Å². The van der Waals surface area contributed by atoms with Crippen LogP contribution in [-0.4, -0.2) is 25.3 Å². The van der Waals surface area contributed by atoms with Crippen LogP contribution in [0.25, 0.3) is 22.3 Å². The van der Waals surface area contributed by atoms with Crippen LogP contribution < -0.4 is 5.56 Å². The minimum atomic E-state index is -0.738. The molecule has 3 rings (SSSR count). The van der Waals surface area contributed by atoms with Crippen LogP contribution in [0.1, 0.15) is 5.56 Å². The summed E-state index contributed by atoms with van der Waals surface area (Å²) in [7, 11) is 0. The van der Waals surface area contributed by atoms with Crippen LogP contribution in [0.2, 0.25) is 0 Å². The molecule has 0 amide bonds. The lowest BCUT2D eigenvalue weighted by atomic mass is 10.1. The van der Waals surface area contributed by atoms with E-state index in [1.807, 2.05) is 25.1 Å². The van der Waals surface area contributed by atoms with E-state index in [-0.39, 0.29) is 10.9 Å². The minimum absolute atomic E-state index is 0.100. The number of hydrogen-bond donors (Lipinski definition) is 4. The molecule has 4 N–H and O–H groups in total. The van der Waals surface area contributed by atoms with Crippen molar-refractivity contribution in [3.63, 3.8) is 0 Å². The van der Waals surface area contributed by atoms with Gasteiger partial charge in [0.05, 0.1) is 5.52 Å². The molecule has 0 radical (unpaired) electrons. The zero-order valence-corrected chi connectivity index (χ0v) is 11.1. The van der Waals surface area contributed by atoms with Crippen LogP contribution >= 0.6 is 0 Å². The molecule has 106 valence electrons. The zero-order valence-electron chi connectivity index (χ0n) is 11.1. The predicted octanol–water partition coefficient (Wildman–Crippen LogP) is 2.02. The summed E-state index contributed by atoms with van der Waals surface area (Å²) in [5, 5.41) is 28.6. The van der Waals surface area contributed by atoms with Crippen molar-refractivity contribution in [3.05, 3.63) is 46.2 Å². The zero-order chi connectivity index (χ0) is 15.1. The predicted molar refractivity (Wildman–Crippen MR) is 77.5 cm³/mol. The Hall–Kier alpha value is -3.02. The number of fused-ring (bicyclic) bond motifs is 1. The molecule has 3 aromatic rings. The van der Waals surface area contributed by atoms with Gasteiger partial charge in [0.25, 0.3) is 5.56 Å². The number of aromatic hydroxyl groups is 3. The number of benzene rings is 2. The molecule has 1 aromatic heterocycles. The Bertz CT molecular complexity index is 915. The minimum Gasteiger partial charge on any atom is -0.504 e. The lowest BCUT2D eigenvalue weighted by Crippen LogP contribution is -2.09. The van der Waals surface area contributed by atoms with Gasteiger partial charge in [-0.15, -0.1) is 0 Å². The van der Waals surface area contributed by atoms with Gasteiger partial charge in [0.15, 0.2) is 11.5 Å². The second kappa shape index (κ2) is 4.52. The highest BCUT2D eigenvalue weighted by atomic mass is 16.3. The molecule has 0 spiro atoms. The van der Waals surface area contributed by atoms with Gasteiger partial charge in [-0.2, -0.15) is 0 Å². The van der Waals surface area contributed by atoms with Gasteiger partial charge in [0.2, 0.25) is 5.75 Å². The summed E-state index contributed by atoms with van der Waals surface area (Å²) in [6.45, 7) is 1.92. The molecule has 0 saturated carbocycles. The van der Waals surface area contributed by atoms with E-state index in [1.165, 1.54) is 0 Å². The second-order valence-electron chi connectivity index (χ2n) is 4.77. The number of aromatic amines is 1. The first-order chi connectivity index (χ1) is 9.97. The summed E-state index contributed by atoms with van der Waals surface area (Å²) >= 11 is 0. The summed E-state index contributed by atoms with van der Waals surface area (Å²) in [5.41, 5.74) is 1.22. The van der Waals surface area contributed by atoms with E-state index in [9.17, 15) is 20.1 Å². The quantitative estimate of drug-likeness (QED) is 0.511. The summed E-state index contributed by atoms with van der Waals surface area (Å²) in [4.78, 5) is 18.9. The van der Waals surface area contributed by atoms with Gasteiger partial charge in [0.1, 0.15) is 11.2 Å². The number of aryl methyl sites for hydroxylation is 1. The third kappa shape index (κ3) is 2.06. The molecule has 0 unspecified atom stereocenters. The maximum Gasteiger partial charge on any atom is 0.262 e. The Morgan fingerprint density at radius 2 is 1.86 bits per heavy atom. The van der Waals surface area contributed by atoms with Crippen LogP contribution in [0.3, 0.4) is 0 Å². The SMILES string of the molecule is Cc1cccc(-c2nc3cc(O)c(O)c(O)c3c(=O)[nH]2)c1. The Kier molecular flexibility index (Phi) is 2.79. The van der Waals surface area contributed by atoms with Crippen molar-refractivity contribution in [2.24, 2.45) is 0 Å². The van der Waals surface area contributed by atoms with Gasteiger partial charge in [-0.1, -0.05) is 23.8 Å². The number of nitrogens with one attached hydrogen (secondary N) is 1. The Morgan fingerprint density at radius 1 is 1.10 bits per heavy atom. The first kappa shape index (κ1) is 13.0. The second-order valence-corrected chi connectivity index (χ2v) is 4.77. The average Bonchev–Trinajstić information content (AvgIpc) is 2.44. The highest BCUT2D eigenvalue weighted by Gasteiger charge is 2.16. The van der Waals surface area contributed by atoms with E-state index in [4.69, 9.17) is 0 Å². The van der Waals surface area contributed by atoms with Crippen LogP contribution in [0, 0.1) is 6.92 Å². The molecular formula is C15H12N2O4. The molecule has 21 heavy (non-hydrogen) atoms. The Morgan fingerprint density at radius 3 is 2.57 bits per heavy atom. The number of rotatable bonds is 1. The molecule has 2 aromatic carbocycles. The van der Waals surface area contributed by atoms with E-state index >= 15 is 0 Å². The fourth-order valence-electron chi connectivity index (χ4n) is 2.19. The molecule has 1 heterocycles. The van der Waals surface area contributed by atoms with E-state index < -0.39 is 22.8 Å². The van der Waals surface area contributed by atoms with Gasteiger partial charge in [-0.3, -0.25) is 4.79 Å². The Labute approximate surface area is 119 Å². The summed E-state index contributed by atoms with van der Waals surface area (Å²) < 4.78 is 0. The van der Waals surface area contributed by atoms with Crippen LogP contribution in [0.4, 0.5) is 0 Å². The van der Waals surface area contributed by atoms with Crippen molar-refractivity contribution in [2.45, 2.75) is 6.92 Å². The molecule has 6 nitrogen and oxygen atoms in total. The third-order valence-corrected chi connectivity index (χ3v) is 3.22. The smallest absolute Gasteiger partial charge is 0.262 e. The molecule has 0 aliphatic rings. The van der Waals surface area contributed by atoms with Gasteiger partial charge in [-0.25, -0.2) is 4.98 Å². The van der Waals surface area contributed by atoms with E-state index in [0.29, 0.717) is 11.4 Å². The van der Waals surface area contributed by atoms with Crippen molar-refractivity contribution in [1.29, 1.82) is 0 Å². The summed E-state index contributed by atoms with van der Waals surface area (Å²) in [6.07, 6.45) is 0. The van der Waals surface area contributed by atoms with Gasteiger partial charge < -0.3 is 20.3 Å². The maximum absolute atomic E-state index is 12.1. The fourth-order valence-corrected chi connectivity index (χ4v) is 2.19. The topological polar surface area (TPSA) is 106 Å². The standard InChI is InChI=1S/C15H12N2O4/c1-7-3-2-4-8(5-7)14-16-9-6-10(18)12(19)13(20)11(9)15(21)17-14/h2-6,18-20H,1H3,(H,16,17,21). The number of aromatic nitrogens is 2. The first-order valence-electron chi connectivity index (χ1n) is 6.22. The number of H-pyrrole nitrogens is 1. The third-order valence-electron chi connectivity index (χ3n) is 3.22. The molecular weight excluding hydrogens is 272 g/mol. The largest absolute Gasteiger partial charge is 0.504 e. The lowest BCUT2D eigenvalue weighted by Gasteiger charge is -2.07. The highest BCUT2D eigenvalue weighted by Crippen LogP contribution is 2.39. The van der Waals surface area contributed by atoms with Crippen LogP contribution in [-0.2, 0) is 0 Å². The summed E-state index contributed by atoms with van der Waals surface area (Å²) in [5.74, 6) is -1.64. The van der Waals surface area contributed by atoms with Crippen LogP contribution in [0.15, 0.2) is 35.1 Å². The molecule has 0 bridgehead atoms.